The molecule has 0 radical (unpaired) electrons. The van der Waals surface area contributed by atoms with Crippen molar-refractivity contribution < 1.29 is 24.0 Å². The van der Waals surface area contributed by atoms with Gasteiger partial charge in [-0.15, -0.1) is 11.3 Å². The third-order valence-electron chi connectivity index (χ3n) is 3.62. The van der Waals surface area contributed by atoms with Gasteiger partial charge in [0.2, 0.25) is 11.7 Å². The molecule has 0 aromatic carbocycles. The molecule has 10 nitrogen and oxygen atoms in total. The first kappa shape index (κ1) is 20.2. The van der Waals surface area contributed by atoms with Gasteiger partial charge < -0.3 is 10.1 Å². The zero-order chi connectivity index (χ0) is 20.1. The Hall–Kier alpha value is -3.08. The Balaban J connectivity index is 1.90. The third-order valence-corrected chi connectivity index (χ3v) is 4.74. The second kappa shape index (κ2) is 8.54. The Morgan fingerprint density at radius 1 is 1.33 bits per heavy atom. The van der Waals surface area contributed by atoms with Gasteiger partial charge in [-0.05, 0) is 26.0 Å². The highest BCUT2D eigenvalue weighted by Gasteiger charge is 2.23. The summed E-state index contributed by atoms with van der Waals surface area (Å²) in [4.78, 5) is 46.5. The lowest BCUT2D eigenvalue weighted by Gasteiger charge is -2.05. The van der Waals surface area contributed by atoms with Crippen molar-refractivity contribution in [3.05, 3.63) is 43.4 Å². The van der Waals surface area contributed by atoms with Crippen LogP contribution in [0.25, 0.3) is 0 Å². The van der Waals surface area contributed by atoms with E-state index in [9.17, 15) is 24.5 Å². The van der Waals surface area contributed by atoms with Crippen LogP contribution >= 0.6 is 11.3 Å². The summed E-state index contributed by atoms with van der Waals surface area (Å²) in [5, 5.41) is 17.5. The van der Waals surface area contributed by atoms with Crippen molar-refractivity contribution in [2.24, 2.45) is 0 Å². The van der Waals surface area contributed by atoms with Crippen molar-refractivity contribution in [2.75, 3.05) is 6.61 Å². The number of aromatic nitrogens is 2. The van der Waals surface area contributed by atoms with Crippen molar-refractivity contribution in [1.29, 1.82) is 0 Å². The second-order valence-electron chi connectivity index (χ2n) is 5.69. The molecule has 2 aromatic heterocycles. The number of nitrogens with zero attached hydrogens (tertiary/aromatic N) is 3. The summed E-state index contributed by atoms with van der Waals surface area (Å²) in [5.74, 6) is -1.27. The average molecular weight is 394 g/mol. The molecule has 0 fully saturated rings. The number of rotatable bonds is 8. The van der Waals surface area contributed by atoms with E-state index in [2.05, 4.69) is 10.4 Å². The number of amides is 1. The van der Waals surface area contributed by atoms with E-state index in [1.54, 1.807) is 12.1 Å². The first-order valence-corrected chi connectivity index (χ1v) is 8.71. The quantitative estimate of drug-likeness (QED) is 0.311. The molecule has 0 aliphatic heterocycles. The van der Waals surface area contributed by atoms with Crippen molar-refractivity contribution in [3.63, 3.8) is 0 Å². The minimum atomic E-state index is -0.723. The minimum absolute atomic E-state index is 0.149. The van der Waals surface area contributed by atoms with Crippen molar-refractivity contribution in [1.82, 2.24) is 15.1 Å². The Kier molecular flexibility index (Phi) is 6.40. The number of carbonyl (C=O) groups excluding carboxylic acids is 3. The Labute approximate surface area is 158 Å². The predicted molar refractivity (Wildman–Crippen MR) is 95.5 cm³/mol. The molecule has 0 aliphatic rings. The van der Waals surface area contributed by atoms with Gasteiger partial charge >= 0.3 is 11.7 Å². The molecule has 0 saturated carbocycles. The Bertz CT molecular complexity index is 901. The Morgan fingerprint density at radius 3 is 2.63 bits per heavy atom. The number of thiophene rings is 1. The van der Waals surface area contributed by atoms with Crippen LogP contribution in [0.2, 0.25) is 0 Å². The first-order valence-electron chi connectivity index (χ1n) is 7.89. The van der Waals surface area contributed by atoms with Crippen LogP contribution in [0.5, 0.6) is 0 Å². The summed E-state index contributed by atoms with van der Waals surface area (Å²) < 4.78 is 6.13. The number of esters is 1. The normalized spacial score (nSPS) is 10.5. The highest BCUT2D eigenvalue weighted by molar-refractivity contribution is 7.14. The molecule has 2 heterocycles. The lowest BCUT2D eigenvalue weighted by molar-refractivity contribution is -0.386. The van der Waals surface area contributed by atoms with E-state index in [0.29, 0.717) is 11.4 Å². The van der Waals surface area contributed by atoms with Gasteiger partial charge in [-0.1, -0.05) is 0 Å². The van der Waals surface area contributed by atoms with Crippen LogP contribution in [-0.4, -0.2) is 39.0 Å². The smallest absolute Gasteiger partial charge is 0.328 e. The number of hydrogen-bond acceptors (Lipinski definition) is 8. The number of carbonyl (C=O) groups is 3. The van der Waals surface area contributed by atoms with Crippen molar-refractivity contribution >= 4 is 34.7 Å². The van der Waals surface area contributed by atoms with Crippen LogP contribution in [0.4, 0.5) is 5.69 Å². The van der Waals surface area contributed by atoms with E-state index in [0.717, 1.165) is 4.88 Å². The van der Waals surface area contributed by atoms with Crippen LogP contribution in [-0.2, 0) is 27.4 Å². The van der Waals surface area contributed by atoms with Gasteiger partial charge in [-0.2, -0.15) is 5.10 Å². The van der Waals surface area contributed by atoms with Gasteiger partial charge in [0.15, 0.2) is 6.61 Å². The summed E-state index contributed by atoms with van der Waals surface area (Å²) in [5.41, 5.74) is 0.289. The van der Waals surface area contributed by atoms with Gasteiger partial charge in [0.05, 0.1) is 16.3 Å². The molecule has 0 spiro atoms. The maximum absolute atomic E-state index is 12.1. The molecule has 0 saturated heterocycles. The number of ether oxygens (including phenoxy) is 1. The van der Waals surface area contributed by atoms with Gasteiger partial charge in [-0.3, -0.25) is 29.2 Å². The van der Waals surface area contributed by atoms with Crippen LogP contribution in [0.15, 0.2) is 12.1 Å². The molecule has 144 valence electrons. The summed E-state index contributed by atoms with van der Waals surface area (Å²) in [6, 6.07) is 3.31. The Morgan fingerprint density at radius 2 is 2.04 bits per heavy atom. The molecular formula is C16H18N4O6S. The van der Waals surface area contributed by atoms with Gasteiger partial charge in [0, 0.05) is 11.8 Å². The van der Waals surface area contributed by atoms with E-state index in [1.165, 1.54) is 36.8 Å². The minimum Gasteiger partial charge on any atom is -0.456 e. The van der Waals surface area contributed by atoms with Crippen LogP contribution in [0.1, 0.15) is 32.9 Å². The molecule has 11 heteroatoms. The van der Waals surface area contributed by atoms with Crippen LogP contribution < -0.4 is 5.32 Å². The van der Waals surface area contributed by atoms with E-state index < -0.39 is 17.5 Å². The zero-order valence-corrected chi connectivity index (χ0v) is 15.8. The van der Waals surface area contributed by atoms with E-state index >= 15 is 0 Å². The number of aryl methyl sites for hydroxylation is 1. The molecule has 0 aliphatic carbocycles. The van der Waals surface area contributed by atoms with E-state index in [1.807, 2.05) is 0 Å². The standard InChI is InChI=1S/C16H18N4O6S/c1-9-16(20(24)25)10(2)19(18-9)7-15(23)26-8-13(22)14-5-4-12(27-14)6-17-11(3)21/h4-5H,6-8H2,1-3H3,(H,17,21). The topological polar surface area (TPSA) is 133 Å². The number of hydrogen-bond donors (Lipinski definition) is 1. The number of Topliss-reactive ketones (excluding diaryl/α,β-unsaturated/α-hetero) is 1. The van der Waals surface area contributed by atoms with Gasteiger partial charge in [0.1, 0.15) is 17.9 Å². The lowest BCUT2D eigenvalue weighted by Crippen LogP contribution is -2.19. The van der Waals surface area contributed by atoms with E-state index in [4.69, 9.17) is 4.74 Å². The lowest BCUT2D eigenvalue weighted by atomic mass is 10.3. The van der Waals surface area contributed by atoms with Crippen LogP contribution in [0, 0.1) is 24.0 Å². The fourth-order valence-corrected chi connectivity index (χ4v) is 3.20. The third kappa shape index (κ3) is 5.20. The monoisotopic (exact) mass is 394 g/mol. The summed E-state index contributed by atoms with van der Waals surface area (Å²) in [6.07, 6.45) is 0. The van der Waals surface area contributed by atoms with Gasteiger partial charge in [0.25, 0.3) is 0 Å². The van der Waals surface area contributed by atoms with Gasteiger partial charge in [-0.25, -0.2) is 0 Å². The predicted octanol–water partition coefficient (Wildman–Crippen LogP) is 1.53. The molecule has 2 rings (SSSR count). The molecular weight excluding hydrogens is 376 g/mol. The number of nitro groups is 1. The molecule has 27 heavy (non-hydrogen) atoms. The molecule has 0 atom stereocenters. The fourth-order valence-electron chi connectivity index (χ4n) is 2.33. The molecule has 0 bridgehead atoms. The molecule has 1 N–H and O–H groups in total. The SMILES string of the molecule is CC(=O)NCc1ccc(C(=O)COC(=O)Cn2nc(C)c([N+](=O)[O-])c2C)s1. The van der Waals surface area contributed by atoms with Crippen molar-refractivity contribution in [3.8, 4) is 0 Å². The first-order chi connectivity index (χ1) is 12.7. The number of ketones is 1. The average Bonchev–Trinajstić information content (AvgIpc) is 3.15. The highest BCUT2D eigenvalue weighted by Crippen LogP contribution is 2.21. The molecule has 1 amide bonds. The zero-order valence-electron chi connectivity index (χ0n) is 15.0. The summed E-state index contributed by atoms with van der Waals surface area (Å²) in [6.45, 7) is 3.91. The number of nitrogens with one attached hydrogen (secondary N) is 1. The largest absolute Gasteiger partial charge is 0.456 e. The molecule has 0 unspecified atom stereocenters. The van der Waals surface area contributed by atoms with Crippen LogP contribution in [0.3, 0.4) is 0 Å². The fraction of sp³-hybridized carbons (Fsp3) is 0.375. The van der Waals surface area contributed by atoms with Crippen molar-refractivity contribution in [2.45, 2.75) is 33.9 Å². The maximum atomic E-state index is 12.1. The second-order valence-corrected chi connectivity index (χ2v) is 6.86. The molecule has 2 aromatic rings. The highest BCUT2D eigenvalue weighted by atomic mass is 32.1. The maximum Gasteiger partial charge on any atom is 0.328 e. The summed E-state index contributed by atoms with van der Waals surface area (Å²) in [7, 11) is 0. The summed E-state index contributed by atoms with van der Waals surface area (Å²) >= 11 is 1.20. The van der Waals surface area contributed by atoms with E-state index in [-0.39, 0.29) is 35.3 Å².